The summed E-state index contributed by atoms with van der Waals surface area (Å²) >= 11 is 0.0986. The van der Waals surface area contributed by atoms with Crippen LogP contribution >= 0.6 is 11.3 Å². The topological polar surface area (TPSA) is 100 Å². The van der Waals surface area contributed by atoms with E-state index in [-0.39, 0.29) is 49.6 Å². The van der Waals surface area contributed by atoms with Crippen molar-refractivity contribution in [2.24, 2.45) is 5.92 Å². The number of pyridine rings is 1. The molecule has 0 spiro atoms. The maximum atomic E-state index is 14.3. The number of alkyl halides is 6. The average molecular weight is 716 g/mol. The van der Waals surface area contributed by atoms with E-state index in [1.807, 2.05) is 0 Å². The number of ketones is 1. The van der Waals surface area contributed by atoms with Gasteiger partial charge in [-0.25, -0.2) is 4.39 Å². The zero-order chi connectivity index (χ0) is 35.7. The number of carboxylic acids is 1. The summed E-state index contributed by atoms with van der Waals surface area (Å²) in [7, 11) is 0. The minimum absolute atomic E-state index is 0.0494. The van der Waals surface area contributed by atoms with Gasteiger partial charge in [0.15, 0.2) is 10.6 Å². The molecule has 5 rings (SSSR count). The molecule has 1 amide bonds. The number of aromatic nitrogens is 1. The number of carboxylic acid groups (broad SMARTS) is 1. The lowest BCUT2D eigenvalue weighted by Crippen LogP contribution is -2.54. The molecule has 1 fully saturated rings. The Labute approximate surface area is 280 Å². The molecule has 0 bridgehead atoms. The Kier molecular flexibility index (Phi) is 10.7. The van der Waals surface area contributed by atoms with Crippen molar-refractivity contribution in [3.8, 4) is 5.75 Å². The molecule has 1 saturated heterocycles. The molecular weight excluding hydrogens is 683 g/mol. The van der Waals surface area contributed by atoms with Gasteiger partial charge in [-0.05, 0) is 67.5 Å². The molecule has 2 aromatic heterocycles. The van der Waals surface area contributed by atoms with Crippen molar-refractivity contribution in [1.29, 1.82) is 0 Å². The summed E-state index contributed by atoms with van der Waals surface area (Å²) in [6.45, 7) is 2.01. The van der Waals surface area contributed by atoms with Gasteiger partial charge in [-0.2, -0.15) is 26.3 Å². The summed E-state index contributed by atoms with van der Waals surface area (Å²) in [5, 5.41) is 11.4. The highest BCUT2D eigenvalue weighted by atomic mass is 32.1. The summed E-state index contributed by atoms with van der Waals surface area (Å²) in [5.74, 6) is -5.13. The molecule has 1 N–H and O–H groups in total. The number of piperidine rings is 1. The first-order valence-corrected chi connectivity index (χ1v) is 16.5. The van der Waals surface area contributed by atoms with Crippen molar-refractivity contribution in [2.45, 2.75) is 76.3 Å². The molecule has 3 atom stereocenters. The fourth-order valence-corrected chi connectivity index (χ4v) is 7.48. The smallest absolute Gasteiger partial charge is 0.429 e. The third-order valence-electron chi connectivity index (χ3n) is 8.79. The lowest BCUT2D eigenvalue weighted by Gasteiger charge is -2.44. The molecule has 0 saturated carbocycles. The predicted molar refractivity (Wildman–Crippen MR) is 162 cm³/mol. The predicted octanol–water partition coefficient (Wildman–Crippen LogP) is 7.72. The van der Waals surface area contributed by atoms with Crippen LogP contribution in [0.25, 0.3) is 0 Å². The number of hydrogen-bond donors (Lipinski definition) is 1. The largest absolute Gasteiger partial charge is 0.481 e. The van der Waals surface area contributed by atoms with E-state index in [1.165, 1.54) is 23.3 Å². The first-order chi connectivity index (χ1) is 23.1. The maximum absolute atomic E-state index is 14.3. The molecule has 16 heteroatoms. The second-order valence-electron chi connectivity index (χ2n) is 11.9. The molecule has 0 aliphatic carbocycles. The van der Waals surface area contributed by atoms with E-state index < -0.39 is 75.4 Å². The number of aliphatic carboxylic acids is 1. The van der Waals surface area contributed by atoms with Crippen LogP contribution in [0.4, 0.5) is 30.7 Å². The Morgan fingerprint density at radius 1 is 1.06 bits per heavy atom. The number of halogens is 7. The summed E-state index contributed by atoms with van der Waals surface area (Å²) in [6, 6.07) is 4.18. The van der Waals surface area contributed by atoms with Crippen LogP contribution < -0.4 is 4.84 Å². The van der Waals surface area contributed by atoms with E-state index >= 15 is 0 Å². The third kappa shape index (κ3) is 7.74. The molecule has 4 heterocycles. The Morgan fingerprint density at radius 2 is 1.82 bits per heavy atom. The van der Waals surface area contributed by atoms with Crippen LogP contribution in [0.15, 0.2) is 41.9 Å². The molecule has 264 valence electrons. The van der Waals surface area contributed by atoms with Gasteiger partial charge in [-0.3, -0.25) is 19.4 Å². The van der Waals surface area contributed by atoms with Crippen LogP contribution in [-0.2, 0) is 28.4 Å². The van der Waals surface area contributed by atoms with Crippen LogP contribution in [0.3, 0.4) is 0 Å². The zero-order valence-corrected chi connectivity index (χ0v) is 26.9. The number of thiophene rings is 1. The molecule has 0 radical (unpaired) electrons. The Morgan fingerprint density at radius 3 is 2.49 bits per heavy atom. The quantitative estimate of drug-likeness (QED) is 0.170. The van der Waals surface area contributed by atoms with Crippen LogP contribution in [0.2, 0.25) is 0 Å². The van der Waals surface area contributed by atoms with Crippen molar-refractivity contribution in [1.82, 2.24) is 14.9 Å². The highest BCUT2D eigenvalue weighted by Crippen LogP contribution is 2.46. The van der Waals surface area contributed by atoms with Crippen molar-refractivity contribution < 1.29 is 55.1 Å². The number of carbonyl (C=O) groups is 3. The van der Waals surface area contributed by atoms with Crippen LogP contribution in [0.5, 0.6) is 5.75 Å². The van der Waals surface area contributed by atoms with Gasteiger partial charge in [0, 0.05) is 31.1 Å². The van der Waals surface area contributed by atoms with Gasteiger partial charge in [-0.15, -0.1) is 16.4 Å². The molecule has 2 aliphatic rings. The number of hydrogen-bond acceptors (Lipinski definition) is 7. The number of benzene rings is 1. The van der Waals surface area contributed by atoms with Crippen molar-refractivity contribution in [2.75, 3.05) is 13.1 Å². The van der Waals surface area contributed by atoms with Crippen molar-refractivity contribution in [3.05, 3.63) is 80.6 Å². The number of amides is 1. The Balaban J connectivity index is 1.49. The number of fused-ring (bicyclic) bond motifs is 1. The van der Waals surface area contributed by atoms with Crippen molar-refractivity contribution in [3.63, 3.8) is 0 Å². The van der Waals surface area contributed by atoms with E-state index in [9.17, 15) is 50.2 Å². The minimum Gasteiger partial charge on any atom is -0.481 e. The first-order valence-electron chi connectivity index (χ1n) is 15.6. The van der Waals surface area contributed by atoms with E-state index in [0.717, 1.165) is 17.6 Å². The second-order valence-corrected chi connectivity index (χ2v) is 12.8. The van der Waals surface area contributed by atoms with Gasteiger partial charge in [0.2, 0.25) is 11.7 Å². The minimum atomic E-state index is -5.03. The van der Waals surface area contributed by atoms with Crippen LogP contribution in [0.1, 0.15) is 89.1 Å². The van der Waals surface area contributed by atoms with Gasteiger partial charge >= 0.3 is 18.3 Å². The van der Waals surface area contributed by atoms with Gasteiger partial charge in [0.1, 0.15) is 11.5 Å². The Hall–Kier alpha value is -4.05. The number of hydroxylamine groups is 2. The number of rotatable bonds is 10. The monoisotopic (exact) mass is 715 g/mol. The van der Waals surface area contributed by atoms with Crippen LogP contribution in [0, 0.1) is 11.7 Å². The lowest BCUT2D eigenvalue weighted by atomic mass is 9.83. The molecule has 2 aliphatic heterocycles. The van der Waals surface area contributed by atoms with Crippen molar-refractivity contribution >= 4 is 29.0 Å². The van der Waals surface area contributed by atoms with E-state index in [1.54, 1.807) is 11.8 Å². The molecule has 3 aromatic rings. The SMILES string of the molecule is CCC[C@@H]1[C@@H](C(=O)N2CCc3cc(F)ccc3C2CCC(=O)O)CCCN1Oc1c(C(=O)c2ncccc2C(F)(F)F)csc1C(F)(F)F. The average Bonchev–Trinajstić information content (AvgIpc) is 3.47. The molecule has 1 aromatic carbocycles. The van der Waals surface area contributed by atoms with Gasteiger partial charge in [0.05, 0.1) is 29.1 Å². The summed E-state index contributed by atoms with van der Waals surface area (Å²) in [6.07, 6.45) is -7.67. The summed E-state index contributed by atoms with van der Waals surface area (Å²) < 4.78 is 97.9. The molecule has 8 nitrogen and oxygen atoms in total. The number of carbonyl (C=O) groups excluding carboxylic acids is 2. The third-order valence-corrected chi connectivity index (χ3v) is 9.80. The maximum Gasteiger partial charge on any atom is 0.429 e. The van der Waals surface area contributed by atoms with Gasteiger partial charge in [0.25, 0.3) is 0 Å². The first kappa shape index (κ1) is 36.2. The van der Waals surface area contributed by atoms with E-state index in [4.69, 9.17) is 4.84 Å². The summed E-state index contributed by atoms with van der Waals surface area (Å²) in [4.78, 5) is 48.8. The summed E-state index contributed by atoms with van der Waals surface area (Å²) in [5.41, 5.74) is -1.99. The van der Waals surface area contributed by atoms with E-state index in [2.05, 4.69) is 4.98 Å². The standard InChI is InChI=1S/C33H32F7N3O5S/c1-2-5-25-21(31(47)42-15-12-18-16-19(34)8-9-20(18)24(42)10-11-26(44)45)6-4-14-43(25)48-29-22(17-49-30(29)33(38,39)40)28(46)27-23(32(35,36)37)7-3-13-41-27/h3,7-9,13,16-17,21,24-25H,2,4-6,10-12,14-15H2,1H3,(H,44,45)/t21-,24?,25+/m0/s1. The second kappa shape index (κ2) is 14.4. The highest BCUT2D eigenvalue weighted by molar-refractivity contribution is 7.10. The molecular formula is C33H32F7N3O5S. The highest BCUT2D eigenvalue weighted by Gasteiger charge is 2.45. The lowest BCUT2D eigenvalue weighted by molar-refractivity contribution is -0.168. The normalized spacial score (nSPS) is 20.2. The molecule has 49 heavy (non-hydrogen) atoms. The fourth-order valence-electron chi connectivity index (χ4n) is 6.65. The van der Waals surface area contributed by atoms with Crippen LogP contribution in [-0.4, -0.2) is 56.8 Å². The molecule has 1 unspecified atom stereocenters. The zero-order valence-electron chi connectivity index (χ0n) is 26.1. The van der Waals surface area contributed by atoms with Gasteiger partial charge in [-0.1, -0.05) is 19.4 Å². The van der Waals surface area contributed by atoms with Gasteiger partial charge < -0.3 is 14.8 Å². The fraction of sp³-hybridized carbons (Fsp3) is 0.455. The number of nitrogens with zero attached hydrogens (tertiary/aromatic N) is 3. The van der Waals surface area contributed by atoms with E-state index in [0.29, 0.717) is 42.9 Å². The Bertz CT molecular complexity index is 1710.